The van der Waals surface area contributed by atoms with E-state index < -0.39 is 0 Å². The van der Waals surface area contributed by atoms with E-state index in [-0.39, 0.29) is 11.5 Å². The maximum absolute atomic E-state index is 9.23. The van der Waals surface area contributed by atoms with Gasteiger partial charge in [-0.2, -0.15) is 5.26 Å². The molecule has 1 unspecified atom stereocenters. The van der Waals surface area contributed by atoms with Crippen molar-refractivity contribution in [1.82, 2.24) is 4.57 Å². The summed E-state index contributed by atoms with van der Waals surface area (Å²) in [5.41, 5.74) is 8.25. The molecule has 1 aliphatic rings. The topological polar surface area (TPSA) is 54.7 Å². The van der Waals surface area contributed by atoms with Gasteiger partial charge in [0.05, 0.1) is 17.5 Å². The van der Waals surface area contributed by atoms with E-state index in [0.29, 0.717) is 0 Å². The molecule has 1 atom stereocenters. The molecule has 1 saturated carbocycles. The van der Waals surface area contributed by atoms with Crippen LogP contribution in [0, 0.1) is 16.7 Å². The second-order valence-electron chi connectivity index (χ2n) is 4.96. The van der Waals surface area contributed by atoms with Crippen LogP contribution in [0.5, 0.6) is 0 Å². The number of fused-ring (bicyclic) bond motifs is 1. The highest BCUT2D eigenvalue weighted by Crippen LogP contribution is 2.54. The lowest BCUT2D eigenvalue weighted by Gasteiger charge is -2.15. The Labute approximate surface area is 100 Å². The van der Waals surface area contributed by atoms with Crippen LogP contribution in [-0.4, -0.2) is 4.57 Å². The van der Waals surface area contributed by atoms with E-state index in [2.05, 4.69) is 29.0 Å². The molecule has 1 aromatic carbocycles. The van der Waals surface area contributed by atoms with Gasteiger partial charge in [0.1, 0.15) is 0 Å². The number of hydrogen-bond donors (Lipinski definition) is 1. The van der Waals surface area contributed by atoms with E-state index in [9.17, 15) is 5.26 Å². The lowest BCUT2D eigenvalue weighted by Crippen LogP contribution is -2.21. The van der Waals surface area contributed by atoms with E-state index in [1.165, 1.54) is 10.9 Å². The zero-order valence-corrected chi connectivity index (χ0v) is 9.85. The van der Waals surface area contributed by atoms with Gasteiger partial charge in [0, 0.05) is 24.1 Å². The molecule has 0 radical (unpaired) electrons. The fourth-order valence-electron chi connectivity index (χ4n) is 2.55. The number of nitriles is 1. The van der Waals surface area contributed by atoms with Crippen LogP contribution in [0.3, 0.4) is 0 Å². The van der Waals surface area contributed by atoms with Gasteiger partial charge in [0.2, 0.25) is 0 Å². The first kappa shape index (κ1) is 10.4. The second-order valence-corrected chi connectivity index (χ2v) is 4.96. The first-order chi connectivity index (χ1) is 8.18. The highest BCUT2D eigenvalue weighted by molar-refractivity contribution is 5.84. The molecular formula is C14H15N3. The summed E-state index contributed by atoms with van der Waals surface area (Å²) >= 11 is 0. The van der Waals surface area contributed by atoms with E-state index >= 15 is 0 Å². The first-order valence-electron chi connectivity index (χ1n) is 5.89. The van der Waals surface area contributed by atoms with Crippen LogP contribution in [-0.2, 0) is 7.05 Å². The molecule has 1 fully saturated rings. The molecule has 1 aliphatic carbocycles. The highest BCUT2D eigenvalue weighted by Gasteiger charge is 2.49. The molecule has 2 N–H and O–H groups in total. The third-order valence-corrected chi connectivity index (χ3v) is 3.87. The van der Waals surface area contributed by atoms with Crippen LogP contribution < -0.4 is 5.73 Å². The summed E-state index contributed by atoms with van der Waals surface area (Å²) in [5.74, 6) is 0. The van der Waals surface area contributed by atoms with Gasteiger partial charge in [0.25, 0.3) is 0 Å². The molecule has 3 rings (SSSR count). The predicted molar refractivity (Wildman–Crippen MR) is 67.1 cm³/mol. The minimum atomic E-state index is -0.315. The van der Waals surface area contributed by atoms with Gasteiger partial charge in [-0.1, -0.05) is 18.2 Å². The Morgan fingerprint density at radius 3 is 2.76 bits per heavy atom. The first-order valence-corrected chi connectivity index (χ1v) is 5.89. The number of para-hydroxylation sites is 1. The second kappa shape index (κ2) is 3.35. The zero-order valence-electron chi connectivity index (χ0n) is 9.85. The molecule has 0 aliphatic heterocycles. The minimum Gasteiger partial charge on any atom is -0.350 e. The van der Waals surface area contributed by atoms with Crippen molar-refractivity contribution in [2.24, 2.45) is 18.2 Å². The molecule has 1 heterocycles. The van der Waals surface area contributed by atoms with E-state index in [1.807, 2.05) is 19.2 Å². The smallest absolute Gasteiger partial charge is 0.0768 e. The molecule has 2 aromatic rings. The van der Waals surface area contributed by atoms with Crippen molar-refractivity contribution in [1.29, 1.82) is 5.26 Å². The van der Waals surface area contributed by atoms with Gasteiger partial charge in [-0.3, -0.25) is 0 Å². The lowest BCUT2D eigenvalue weighted by molar-refractivity contribution is 0.521. The molecule has 0 bridgehead atoms. The number of nitrogens with zero attached hydrogens (tertiary/aromatic N) is 2. The Bertz CT molecular complexity index is 614. The Balaban J connectivity index is 2.16. The third-order valence-electron chi connectivity index (χ3n) is 3.87. The Kier molecular flexibility index (Phi) is 2.04. The molecule has 86 valence electrons. The van der Waals surface area contributed by atoms with Gasteiger partial charge >= 0.3 is 0 Å². The number of aryl methyl sites for hydroxylation is 1. The van der Waals surface area contributed by atoms with Crippen LogP contribution in [0.25, 0.3) is 10.9 Å². The molecule has 1 aromatic heterocycles. The van der Waals surface area contributed by atoms with E-state index in [4.69, 9.17) is 5.73 Å². The van der Waals surface area contributed by atoms with Crippen molar-refractivity contribution in [2.45, 2.75) is 18.9 Å². The Morgan fingerprint density at radius 1 is 1.41 bits per heavy atom. The molecule has 0 amide bonds. The monoisotopic (exact) mass is 225 g/mol. The maximum atomic E-state index is 9.23. The van der Waals surface area contributed by atoms with Crippen molar-refractivity contribution in [3.8, 4) is 6.07 Å². The standard InChI is InChI=1S/C14H15N3/c1-17-8-11(10-4-2-3-5-12(10)17)13(16)14(9-15)6-7-14/h2-5,8,13H,6-7,16H2,1H3. The summed E-state index contributed by atoms with van der Waals surface area (Å²) in [6.07, 6.45) is 3.91. The van der Waals surface area contributed by atoms with Crippen LogP contribution in [0.1, 0.15) is 24.4 Å². The largest absolute Gasteiger partial charge is 0.350 e. The summed E-state index contributed by atoms with van der Waals surface area (Å²) < 4.78 is 2.08. The SMILES string of the molecule is Cn1cc(C(N)C2(C#N)CC2)c2ccccc21. The average molecular weight is 225 g/mol. The third kappa shape index (κ3) is 1.38. The van der Waals surface area contributed by atoms with Gasteiger partial charge in [0.15, 0.2) is 0 Å². The van der Waals surface area contributed by atoms with Crippen molar-refractivity contribution in [2.75, 3.05) is 0 Å². The molecule has 17 heavy (non-hydrogen) atoms. The zero-order chi connectivity index (χ0) is 12.0. The number of aromatic nitrogens is 1. The van der Waals surface area contributed by atoms with E-state index in [1.54, 1.807) is 0 Å². The molecule has 3 nitrogen and oxygen atoms in total. The molecule has 3 heteroatoms. The molecule has 0 saturated heterocycles. The van der Waals surface area contributed by atoms with E-state index in [0.717, 1.165) is 18.4 Å². The Morgan fingerprint density at radius 2 is 2.12 bits per heavy atom. The van der Waals surface area contributed by atoms with Crippen molar-refractivity contribution < 1.29 is 0 Å². The van der Waals surface area contributed by atoms with Crippen molar-refractivity contribution >= 4 is 10.9 Å². The van der Waals surface area contributed by atoms with Gasteiger partial charge < -0.3 is 10.3 Å². The predicted octanol–water partition coefficient (Wildman–Crippen LogP) is 2.48. The summed E-state index contributed by atoms with van der Waals surface area (Å²) in [6, 6.07) is 10.4. The quantitative estimate of drug-likeness (QED) is 0.853. The summed E-state index contributed by atoms with van der Waals surface area (Å²) in [5, 5.41) is 10.4. The van der Waals surface area contributed by atoms with Crippen LogP contribution in [0.15, 0.2) is 30.5 Å². The summed E-state index contributed by atoms with van der Waals surface area (Å²) in [7, 11) is 2.02. The lowest BCUT2D eigenvalue weighted by atomic mass is 9.92. The fraction of sp³-hybridized carbons (Fsp3) is 0.357. The molecular weight excluding hydrogens is 210 g/mol. The summed E-state index contributed by atoms with van der Waals surface area (Å²) in [4.78, 5) is 0. The van der Waals surface area contributed by atoms with Crippen molar-refractivity contribution in [3.05, 3.63) is 36.0 Å². The average Bonchev–Trinajstić information content (AvgIpc) is 3.10. The summed E-state index contributed by atoms with van der Waals surface area (Å²) in [6.45, 7) is 0. The number of benzene rings is 1. The highest BCUT2D eigenvalue weighted by atomic mass is 14.9. The number of hydrogen-bond acceptors (Lipinski definition) is 2. The van der Waals surface area contributed by atoms with Crippen LogP contribution in [0.2, 0.25) is 0 Å². The normalized spacial score (nSPS) is 18.9. The maximum Gasteiger partial charge on any atom is 0.0768 e. The van der Waals surface area contributed by atoms with Crippen LogP contribution >= 0.6 is 0 Å². The van der Waals surface area contributed by atoms with Gasteiger partial charge in [-0.05, 0) is 24.5 Å². The van der Waals surface area contributed by atoms with Gasteiger partial charge in [-0.15, -0.1) is 0 Å². The van der Waals surface area contributed by atoms with Crippen molar-refractivity contribution in [3.63, 3.8) is 0 Å². The number of rotatable bonds is 2. The van der Waals surface area contributed by atoms with Gasteiger partial charge in [-0.25, -0.2) is 0 Å². The number of nitrogens with two attached hydrogens (primary N) is 1. The fourth-order valence-corrected chi connectivity index (χ4v) is 2.55. The Hall–Kier alpha value is -1.79. The molecule has 0 spiro atoms. The van der Waals surface area contributed by atoms with Crippen LogP contribution in [0.4, 0.5) is 0 Å². The minimum absolute atomic E-state index is 0.168.